The van der Waals surface area contributed by atoms with E-state index in [1.807, 2.05) is 0 Å². The average Bonchev–Trinajstić information content (AvgIpc) is 2.18. The molecule has 1 saturated carbocycles. The normalized spacial score (nSPS) is 39.6. The Hall–Kier alpha value is -0.620. The molecule has 1 aliphatic heterocycles. The molecule has 2 aliphatic rings. The molecule has 1 aliphatic carbocycles. The monoisotopic (exact) mass is 261 g/mol. The van der Waals surface area contributed by atoms with Gasteiger partial charge in [0.2, 0.25) is 0 Å². The minimum absolute atomic E-state index is 0.0540. The Kier molecular flexibility index (Phi) is 3.20. The van der Waals surface area contributed by atoms with Crippen molar-refractivity contribution in [2.75, 3.05) is 12.4 Å². The van der Waals surface area contributed by atoms with Gasteiger partial charge < -0.3 is 10.5 Å². The van der Waals surface area contributed by atoms with Crippen molar-refractivity contribution in [1.29, 1.82) is 0 Å². The Morgan fingerprint density at radius 3 is 2.65 bits per heavy atom. The quantitative estimate of drug-likeness (QED) is 0.719. The van der Waals surface area contributed by atoms with Gasteiger partial charge in [0.1, 0.15) is 0 Å². The van der Waals surface area contributed by atoms with Gasteiger partial charge in [-0.15, -0.1) is 0 Å². The van der Waals surface area contributed by atoms with Gasteiger partial charge in [-0.25, -0.2) is 8.42 Å². The summed E-state index contributed by atoms with van der Waals surface area (Å²) in [5.41, 5.74) is 5.84. The van der Waals surface area contributed by atoms with Gasteiger partial charge in [-0.3, -0.25) is 4.79 Å². The first-order chi connectivity index (χ1) is 7.90. The number of hydrogen-bond donors (Lipinski definition) is 1. The third-order valence-corrected chi connectivity index (χ3v) is 6.50. The zero-order valence-electron chi connectivity index (χ0n) is 10.0. The van der Waals surface area contributed by atoms with Crippen LogP contribution in [0.5, 0.6) is 0 Å². The summed E-state index contributed by atoms with van der Waals surface area (Å²) < 4.78 is 28.3. The lowest BCUT2D eigenvalue weighted by molar-refractivity contribution is -0.152. The van der Waals surface area contributed by atoms with Crippen LogP contribution in [0, 0.1) is 5.92 Å². The van der Waals surface area contributed by atoms with Gasteiger partial charge in [0.25, 0.3) is 0 Å². The van der Waals surface area contributed by atoms with Crippen molar-refractivity contribution in [3.05, 3.63) is 0 Å². The summed E-state index contributed by atoms with van der Waals surface area (Å²) in [4.78, 5) is 11.5. The van der Waals surface area contributed by atoms with E-state index in [0.717, 1.165) is 0 Å². The number of rotatable bonds is 2. The van der Waals surface area contributed by atoms with Crippen LogP contribution < -0.4 is 5.73 Å². The van der Waals surface area contributed by atoms with Crippen LogP contribution in [-0.4, -0.2) is 37.5 Å². The molecule has 1 atom stereocenters. The smallest absolute Gasteiger partial charge is 0.309 e. The van der Waals surface area contributed by atoms with Crippen LogP contribution in [-0.2, 0) is 19.4 Å². The van der Waals surface area contributed by atoms with E-state index in [1.165, 1.54) is 0 Å². The molecule has 1 spiro atoms. The lowest BCUT2D eigenvalue weighted by Crippen LogP contribution is -2.59. The molecule has 5 nitrogen and oxygen atoms in total. The van der Waals surface area contributed by atoms with Gasteiger partial charge in [-0.05, 0) is 32.6 Å². The van der Waals surface area contributed by atoms with Gasteiger partial charge >= 0.3 is 5.97 Å². The molecule has 0 aromatic rings. The molecule has 17 heavy (non-hydrogen) atoms. The fourth-order valence-corrected chi connectivity index (χ4v) is 5.34. The summed E-state index contributed by atoms with van der Waals surface area (Å²) in [6, 6.07) is -0.0540. The fraction of sp³-hybridized carbons (Fsp3) is 0.909. The van der Waals surface area contributed by atoms with Crippen LogP contribution in [0.3, 0.4) is 0 Å². The van der Waals surface area contributed by atoms with Gasteiger partial charge in [0, 0.05) is 6.04 Å². The first kappa shape index (κ1) is 12.8. The Balaban J connectivity index is 2.06. The summed E-state index contributed by atoms with van der Waals surface area (Å²) in [5, 5.41) is 0. The molecule has 2 N–H and O–H groups in total. The van der Waals surface area contributed by atoms with E-state index in [-0.39, 0.29) is 23.7 Å². The number of esters is 1. The molecule has 1 heterocycles. The van der Waals surface area contributed by atoms with Crippen molar-refractivity contribution in [2.24, 2.45) is 11.7 Å². The summed E-state index contributed by atoms with van der Waals surface area (Å²) in [6.07, 6.45) is 1.81. The Bertz CT molecular complexity index is 411. The maximum atomic E-state index is 12.0. The first-order valence-electron chi connectivity index (χ1n) is 6.05. The molecule has 2 rings (SSSR count). The van der Waals surface area contributed by atoms with Crippen molar-refractivity contribution in [3.8, 4) is 0 Å². The molecular formula is C11H19NO4S. The fourth-order valence-electron chi connectivity index (χ4n) is 2.92. The molecule has 2 fully saturated rings. The molecule has 1 saturated heterocycles. The lowest BCUT2D eigenvalue weighted by atomic mass is 9.70. The Morgan fingerprint density at radius 2 is 2.06 bits per heavy atom. The van der Waals surface area contributed by atoms with Crippen LogP contribution in [0.4, 0.5) is 0 Å². The summed E-state index contributed by atoms with van der Waals surface area (Å²) in [7, 11) is -3.09. The second-order valence-corrected chi connectivity index (χ2v) is 7.62. The second-order valence-electron chi connectivity index (χ2n) is 5.11. The number of carbonyl (C=O) groups is 1. The molecular weight excluding hydrogens is 242 g/mol. The van der Waals surface area contributed by atoms with E-state index in [9.17, 15) is 13.2 Å². The Morgan fingerprint density at radius 1 is 1.41 bits per heavy atom. The molecule has 0 bridgehead atoms. The summed E-state index contributed by atoms with van der Waals surface area (Å²) in [6.45, 7) is 2.09. The van der Waals surface area contributed by atoms with E-state index in [4.69, 9.17) is 10.5 Å². The molecule has 0 radical (unpaired) electrons. The highest BCUT2D eigenvalue weighted by Crippen LogP contribution is 2.50. The zero-order valence-corrected chi connectivity index (χ0v) is 10.8. The average molecular weight is 261 g/mol. The largest absolute Gasteiger partial charge is 0.466 e. The lowest BCUT2D eigenvalue weighted by Gasteiger charge is -2.49. The van der Waals surface area contributed by atoms with Crippen molar-refractivity contribution >= 4 is 15.8 Å². The SMILES string of the molecule is CCOC(=O)C1CC2(CC(N)CCS2(=O)=O)C1. The maximum absolute atomic E-state index is 12.0. The van der Waals surface area contributed by atoms with Crippen molar-refractivity contribution in [3.63, 3.8) is 0 Å². The van der Waals surface area contributed by atoms with E-state index in [1.54, 1.807) is 6.92 Å². The summed E-state index contributed by atoms with van der Waals surface area (Å²) >= 11 is 0. The Labute approximate surface area is 102 Å². The minimum atomic E-state index is -3.09. The van der Waals surface area contributed by atoms with E-state index < -0.39 is 14.6 Å². The number of ether oxygens (including phenoxy) is 1. The highest BCUT2D eigenvalue weighted by Gasteiger charge is 2.58. The molecule has 98 valence electrons. The van der Waals surface area contributed by atoms with E-state index in [0.29, 0.717) is 32.3 Å². The number of carbonyl (C=O) groups excluding carboxylic acids is 1. The molecule has 6 heteroatoms. The van der Waals surface area contributed by atoms with Crippen LogP contribution >= 0.6 is 0 Å². The predicted octanol–water partition coefficient (Wildman–Crippen LogP) is 0.234. The van der Waals surface area contributed by atoms with Crippen LogP contribution in [0.25, 0.3) is 0 Å². The van der Waals surface area contributed by atoms with Crippen molar-refractivity contribution < 1.29 is 17.9 Å². The van der Waals surface area contributed by atoms with E-state index in [2.05, 4.69) is 0 Å². The second kappa shape index (κ2) is 4.24. The standard InChI is InChI=1S/C11H19NO4S/c1-2-16-10(13)8-5-11(6-8)7-9(12)3-4-17(11,14)15/h8-9H,2-7,12H2,1H3. The van der Waals surface area contributed by atoms with Crippen molar-refractivity contribution in [2.45, 2.75) is 43.4 Å². The van der Waals surface area contributed by atoms with Crippen LogP contribution in [0.2, 0.25) is 0 Å². The van der Waals surface area contributed by atoms with Gasteiger partial charge in [-0.2, -0.15) is 0 Å². The van der Waals surface area contributed by atoms with E-state index >= 15 is 0 Å². The molecule has 0 aromatic carbocycles. The molecule has 1 unspecified atom stereocenters. The third kappa shape index (κ3) is 2.08. The van der Waals surface area contributed by atoms with Gasteiger partial charge in [0.15, 0.2) is 9.84 Å². The highest BCUT2D eigenvalue weighted by molar-refractivity contribution is 7.92. The van der Waals surface area contributed by atoms with Gasteiger partial charge in [-0.1, -0.05) is 0 Å². The predicted molar refractivity (Wildman–Crippen MR) is 63.1 cm³/mol. The topological polar surface area (TPSA) is 86.5 Å². The molecule has 0 aromatic heterocycles. The first-order valence-corrected chi connectivity index (χ1v) is 7.70. The summed E-state index contributed by atoms with van der Waals surface area (Å²) in [5.74, 6) is -0.369. The number of sulfone groups is 1. The minimum Gasteiger partial charge on any atom is -0.466 e. The van der Waals surface area contributed by atoms with Crippen LogP contribution in [0.15, 0.2) is 0 Å². The number of nitrogens with two attached hydrogens (primary N) is 1. The van der Waals surface area contributed by atoms with Gasteiger partial charge in [0.05, 0.1) is 23.0 Å². The number of hydrogen-bond acceptors (Lipinski definition) is 5. The third-order valence-electron chi connectivity index (χ3n) is 3.91. The van der Waals surface area contributed by atoms with Crippen LogP contribution in [0.1, 0.15) is 32.6 Å². The van der Waals surface area contributed by atoms with Crippen molar-refractivity contribution in [1.82, 2.24) is 0 Å². The molecule has 0 amide bonds. The zero-order chi connectivity index (χ0) is 12.7. The highest BCUT2D eigenvalue weighted by atomic mass is 32.2. The maximum Gasteiger partial charge on any atom is 0.309 e.